The molecule has 0 fully saturated rings. The summed E-state index contributed by atoms with van der Waals surface area (Å²) in [5.41, 5.74) is -1.73. The fraction of sp³-hybridized carbons (Fsp3) is 0.857. The van der Waals surface area contributed by atoms with Gasteiger partial charge in [-0.2, -0.15) is 0 Å². The Hall–Kier alpha value is -0.315. The van der Waals surface area contributed by atoms with Crippen LogP contribution in [0.4, 0.5) is 0 Å². The average molecular weight is 256 g/mol. The lowest BCUT2D eigenvalue weighted by molar-refractivity contribution is -0.1000. The topological polar surface area (TPSA) is 49.7 Å². The molecule has 0 radical (unpaired) electrons. The van der Waals surface area contributed by atoms with Gasteiger partial charge in [0.1, 0.15) is 0 Å². The van der Waals surface area contributed by atoms with Crippen molar-refractivity contribution in [1.29, 1.82) is 0 Å². The molecule has 0 amide bonds. The van der Waals surface area contributed by atoms with Gasteiger partial charge in [0.2, 0.25) is 0 Å². The van der Waals surface area contributed by atoms with E-state index in [0.717, 1.165) is 25.7 Å². The molecule has 0 unspecified atom stereocenters. The van der Waals surface area contributed by atoms with E-state index in [1.54, 1.807) is 27.7 Å². The van der Waals surface area contributed by atoms with Crippen LogP contribution in [0.2, 0.25) is 6.32 Å². The van der Waals surface area contributed by atoms with E-state index in [1.165, 1.54) is 0 Å². The molecule has 0 atom stereocenters. The van der Waals surface area contributed by atoms with E-state index in [4.69, 9.17) is 4.65 Å². The summed E-state index contributed by atoms with van der Waals surface area (Å²) in [6.45, 7) is 9.08. The summed E-state index contributed by atoms with van der Waals surface area (Å²) in [6.07, 6.45) is 9.05. The minimum atomic E-state index is -0.974. The highest BCUT2D eigenvalue weighted by atomic mass is 16.5. The van der Waals surface area contributed by atoms with Crippen LogP contribution in [0.5, 0.6) is 0 Å². The minimum absolute atomic E-state index is 0.611. The van der Waals surface area contributed by atoms with Gasteiger partial charge in [-0.1, -0.05) is 31.9 Å². The summed E-state index contributed by atoms with van der Waals surface area (Å²) >= 11 is 0. The summed E-state index contributed by atoms with van der Waals surface area (Å²) in [5, 5.41) is 19.7. The lowest BCUT2D eigenvalue weighted by Gasteiger charge is -2.38. The van der Waals surface area contributed by atoms with Crippen molar-refractivity contribution >= 4 is 7.12 Å². The van der Waals surface area contributed by atoms with Crippen LogP contribution in [-0.4, -0.2) is 28.5 Å². The molecule has 18 heavy (non-hydrogen) atoms. The zero-order valence-corrected chi connectivity index (χ0v) is 12.6. The van der Waals surface area contributed by atoms with Crippen LogP contribution < -0.4 is 0 Å². The van der Waals surface area contributed by atoms with Gasteiger partial charge in [-0.25, -0.2) is 0 Å². The molecule has 0 rings (SSSR count). The molecule has 3 nitrogen and oxygen atoms in total. The van der Waals surface area contributed by atoms with Crippen molar-refractivity contribution in [1.82, 2.24) is 0 Å². The average Bonchev–Trinajstić information content (AvgIpc) is 2.20. The zero-order valence-electron chi connectivity index (χ0n) is 12.6. The number of hydrogen-bond acceptors (Lipinski definition) is 3. The van der Waals surface area contributed by atoms with Gasteiger partial charge in [-0.05, 0) is 46.9 Å². The van der Waals surface area contributed by atoms with Crippen molar-refractivity contribution in [3.8, 4) is 0 Å². The lowest BCUT2D eigenvalue weighted by Crippen LogP contribution is -2.50. The summed E-state index contributed by atoms with van der Waals surface area (Å²) in [6, 6.07) is 0. The predicted molar refractivity (Wildman–Crippen MR) is 77.5 cm³/mol. The molecule has 0 aromatic carbocycles. The molecule has 0 saturated carbocycles. The molecule has 0 aromatic heterocycles. The molecule has 106 valence electrons. The summed E-state index contributed by atoms with van der Waals surface area (Å²) in [7, 11) is -0.804. The normalized spacial score (nSPS) is 13.3. The van der Waals surface area contributed by atoms with Gasteiger partial charge in [-0.15, -0.1) is 0 Å². The summed E-state index contributed by atoms with van der Waals surface area (Å²) in [4.78, 5) is 0. The first kappa shape index (κ1) is 17.7. The number of rotatable bonds is 9. The summed E-state index contributed by atoms with van der Waals surface area (Å²) < 4.78 is 5.52. The van der Waals surface area contributed by atoms with Crippen LogP contribution in [0.15, 0.2) is 12.2 Å². The molecule has 0 saturated heterocycles. The Balaban J connectivity index is 3.84. The quantitative estimate of drug-likeness (QED) is 0.378. The molecule has 0 aliphatic heterocycles. The maximum Gasteiger partial charge on any atom is 0.454 e. The van der Waals surface area contributed by atoms with Crippen molar-refractivity contribution in [2.24, 2.45) is 0 Å². The van der Waals surface area contributed by atoms with E-state index in [1.807, 2.05) is 0 Å². The van der Waals surface area contributed by atoms with Crippen LogP contribution in [0, 0.1) is 0 Å². The number of unbranched alkanes of at least 4 members (excludes halogenated alkanes) is 2. The van der Waals surface area contributed by atoms with Gasteiger partial charge in [0, 0.05) is 0 Å². The Morgan fingerprint density at radius 3 is 2.22 bits per heavy atom. The molecule has 0 bridgehead atoms. The Kier molecular flexibility index (Phi) is 7.84. The third-order valence-corrected chi connectivity index (χ3v) is 3.38. The highest BCUT2D eigenvalue weighted by Crippen LogP contribution is 2.26. The van der Waals surface area contributed by atoms with Crippen LogP contribution in [0.3, 0.4) is 0 Å². The van der Waals surface area contributed by atoms with Crippen molar-refractivity contribution in [2.45, 2.75) is 77.8 Å². The largest absolute Gasteiger partial charge is 0.454 e. The SMILES string of the molecule is CC/C=C/CCCCB(O)OC(C)(C)C(C)(C)O. The predicted octanol–water partition coefficient (Wildman–Crippen LogP) is 3.17. The van der Waals surface area contributed by atoms with E-state index >= 15 is 0 Å². The molecule has 0 aliphatic rings. The highest BCUT2D eigenvalue weighted by Gasteiger charge is 2.38. The van der Waals surface area contributed by atoms with Gasteiger partial charge < -0.3 is 14.8 Å². The second-order valence-electron chi connectivity index (χ2n) is 5.81. The second-order valence-corrected chi connectivity index (χ2v) is 5.81. The van der Waals surface area contributed by atoms with E-state index in [9.17, 15) is 10.1 Å². The third kappa shape index (κ3) is 7.19. The van der Waals surface area contributed by atoms with Gasteiger partial charge in [0.15, 0.2) is 0 Å². The summed E-state index contributed by atoms with van der Waals surface area (Å²) in [5.74, 6) is 0. The highest BCUT2D eigenvalue weighted by molar-refractivity contribution is 6.42. The molecule has 0 spiro atoms. The maximum absolute atomic E-state index is 9.92. The van der Waals surface area contributed by atoms with Gasteiger partial charge in [0.05, 0.1) is 11.2 Å². The molecule has 0 aliphatic carbocycles. The minimum Gasteiger partial charge on any atom is -0.427 e. The van der Waals surface area contributed by atoms with Crippen LogP contribution in [0.25, 0.3) is 0 Å². The Morgan fingerprint density at radius 2 is 1.72 bits per heavy atom. The van der Waals surface area contributed by atoms with Crippen molar-refractivity contribution in [3.05, 3.63) is 12.2 Å². The van der Waals surface area contributed by atoms with Crippen molar-refractivity contribution < 1.29 is 14.8 Å². The molecular formula is C14H29BO3. The molecule has 0 aromatic rings. The first-order valence-electron chi connectivity index (χ1n) is 6.94. The Morgan fingerprint density at radius 1 is 1.11 bits per heavy atom. The van der Waals surface area contributed by atoms with Gasteiger partial charge in [0.25, 0.3) is 0 Å². The third-order valence-electron chi connectivity index (χ3n) is 3.38. The van der Waals surface area contributed by atoms with E-state index in [2.05, 4.69) is 19.1 Å². The number of aliphatic hydroxyl groups is 1. The van der Waals surface area contributed by atoms with E-state index in [0.29, 0.717) is 6.32 Å². The maximum atomic E-state index is 9.92. The Labute approximate surface area is 112 Å². The van der Waals surface area contributed by atoms with Crippen LogP contribution in [-0.2, 0) is 4.65 Å². The molecular weight excluding hydrogens is 227 g/mol. The second kappa shape index (κ2) is 7.98. The molecule has 0 heterocycles. The number of hydrogen-bond donors (Lipinski definition) is 2. The van der Waals surface area contributed by atoms with Crippen molar-refractivity contribution in [2.75, 3.05) is 0 Å². The molecule has 4 heteroatoms. The monoisotopic (exact) mass is 256 g/mol. The smallest absolute Gasteiger partial charge is 0.427 e. The van der Waals surface area contributed by atoms with Gasteiger partial charge >= 0.3 is 7.12 Å². The molecule has 2 N–H and O–H groups in total. The fourth-order valence-corrected chi connectivity index (χ4v) is 1.41. The number of allylic oxidation sites excluding steroid dienone is 2. The fourth-order valence-electron chi connectivity index (χ4n) is 1.41. The first-order valence-corrected chi connectivity index (χ1v) is 6.94. The van der Waals surface area contributed by atoms with Crippen LogP contribution >= 0.6 is 0 Å². The lowest BCUT2D eigenvalue weighted by atomic mass is 9.79. The Bertz CT molecular complexity index is 244. The van der Waals surface area contributed by atoms with E-state index < -0.39 is 18.3 Å². The van der Waals surface area contributed by atoms with Crippen LogP contribution in [0.1, 0.15) is 60.3 Å². The van der Waals surface area contributed by atoms with E-state index in [-0.39, 0.29) is 0 Å². The zero-order chi connectivity index (χ0) is 14.2. The first-order chi connectivity index (χ1) is 8.20. The van der Waals surface area contributed by atoms with Crippen molar-refractivity contribution in [3.63, 3.8) is 0 Å². The standard InChI is InChI=1S/C14H29BO3/c1-6-7-8-9-10-11-12-15(17)18-14(4,5)13(2,3)16/h7-8,16-17H,6,9-12H2,1-5H3/b8-7+. The van der Waals surface area contributed by atoms with Gasteiger partial charge in [-0.3, -0.25) is 0 Å².